The molecule has 0 bridgehead atoms. The van der Waals surface area contributed by atoms with Gasteiger partial charge in [0.05, 0.1) is 0 Å². The van der Waals surface area contributed by atoms with Crippen molar-refractivity contribution in [2.75, 3.05) is 4.72 Å². The van der Waals surface area contributed by atoms with Gasteiger partial charge >= 0.3 is 0 Å². The molecule has 2 aromatic rings. The first-order valence-corrected chi connectivity index (χ1v) is 7.61. The Bertz CT molecular complexity index is 744. The SMILES string of the molecule is CC(N)c1ccc(NS(=O)(=O)c2cc(F)ccc2F)cc1. The third-order valence-electron chi connectivity index (χ3n) is 2.87. The fourth-order valence-corrected chi connectivity index (χ4v) is 2.90. The molecule has 0 spiro atoms. The molecule has 0 aliphatic carbocycles. The summed E-state index contributed by atoms with van der Waals surface area (Å²) in [5.41, 5.74) is 6.76. The molecule has 0 radical (unpaired) electrons. The summed E-state index contributed by atoms with van der Waals surface area (Å²) in [6.07, 6.45) is 0. The Morgan fingerprint density at radius 3 is 2.29 bits per heavy atom. The molecule has 0 aliphatic rings. The molecule has 0 aliphatic heterocycles. The van der Waals surface area contributed by atoms with Gasteiger partial charge in [0, 0.05) is 11.7 Å². The molecule has 4 nitrogen and oxygen atoms in total. The van der Waals surface area contributed by atoms with Gasteiger partial charge in [-0.3, -0.25) is 4.72 Å². The van der Waals surface area contributed by atoms with E-state index < -0.39 is 26.6 Å². The molecule has 1 atom stereocenters. The number of hydrogen-bond acceptors (Lipinski definition) is 3. The van der Waals surface area contributed by atoms with Gasteiger partial charge in [0.1, 0.15) is 16.5 Å². The number of halogens is 2. The Hall–Kier alpha value is -1.99. The molecule has 7 heteroatoms. The van der Waals surface area contributed by atoms with Gasteiger partial charge in [-0.1, -0.05) is 12.1 Å². The molecule has 3 N–H and O–H groups in total. The molecule has 112 valence electrons. The molecule has 1 unspecified atom stereocenters. The van der Waals surface area contributed by atoms with Crippen molar-refractivity contribution < 1.29 is 17.2 Å². The standard InChI is InChI=1S/C14H14F2N2O2S/c1-9(17)10-2-5-12(6-3-10)18-21(19,20)14-8-11(15)4-7-13(14)16/h2-9,18H,17H2,1H3. The summed E-state index contributed by atoms with van der Waals surface area (Å²) in [7, 11) is -4.20. The third-order valence-corrected chi connectivity index (χ3v) is 4.27. The van der Waals surface area contributed by atoms with Crippen LogP contribution in [0.15, 0.2) is 47.4 Å². The van der Waals surface area contributed by atoms with Crippen LogP contribution in [0, 0.1) is 11.6 Å². The highest BCUT2D eigenvalue weighted by atomic mass is 32.2. The van der Waals surface area contributed by atoms with Crippen molar-refractivity contribution in [3.63, 3.8) is 0 Å². The molecule has 21 heavy (non-hydrogen) atoms. The summed E-state index contributed by atoms with van der Waals surface area (Å²) in [6.45, 7) is 1.79. The van der Waals surface area contributed by atoms with Crippen LogP contribution < -0.4 is 10.5 Å². The van der Waals surface area contributed by atoms with Gasteiger partial charge in [-0.05, 0) is 42.8 Å². The van der Waals surface area contributed by atoms with Crippen LogP contribution in [-0.2, 0) is 10.0 Å². The van der Waals surface area contributed by atoms with E-state index >= 15 is 0 Å². The number of hydrogen-bond donors (Lipinski definition) is 2. The van der Waals surface area contributed by atoms with Gasteiger partial charge in [0.25, 0.3) is 10.0 Å². The van der Waals surface area contributed by atoms with Gasteiger partial charge in [0.15, 0.2) is 0 Å². The van der Waals surface area contributed by atoms with Crippen molar-refractivity contribution >= 4 is 15.7 Å². The Balaban J connectivity index is 2.31. The van der Waals surface area contributed by atoms with Crippen LogP contribution in [0.25, 0.3) is 0 Å². The molecule has 0 fully saturated rings. The normalized spacial score (nSPS) is 13.0. The first-order valence-electron chi connectivity index (χ1n) is 6.13. The average Bonchev–Trinajstić information content (AvgIpc) is 2.41. The Morgan fingerprint density at radius 2 is 1.71 bits per heavy atom. The number of sulfonamides is 1. The van der Waals surface area contributed by atoms with Crippen molar-refractivity contribution in [1.29, 1.82) is 0 Å². The highest BCUT2D eigenvalue weighted by Crippen LogP contribution is 2.21. The van der Waals surface area contributed by atoms with E-state index in [0.717, 1.165) is 17.7 Å². The van der Waals surface area contributed by atoms with Crippen LogP contribution in [0.4, 0.5) is 14.5 Å². The number of anilines is 1. The molecule has 2 aromatic carbocycles. The molecule has 2 rings (SSSR count). The maximum absolute atomic E-state index is 13.5. The van der Waals surface area contributed by atoms with Crippen molar-refractivity contribution in [3.8, 4) is 0 Å². The molecule has 0 heterocycles. The zero-order chi connectivity index (χ0) is 15.6. The number of benzene rings is 2. The Morgan fingerprint density at radius 1 is 1.10 bits per heavy atom. The van der Waals surface area contributed by atoms with Crippen molar-refractivity contribution in [2.24, 2.45) is 5.73 Å². The van der Waals surface area contributed by atoms with Gasteiger partial charge in [-0.15, -0.1) is 0 Å². The predicted molar refractivity (Wildman–Crippen MR) is 76.2 cm³/mol. The zero-order valence-electron chi connectivity index (χ0n) is 11.2. The second-order valence-electron chi connectivity index (χ2n) is 4.59. The maximum atomic E-state index is 13.5. The monoisotopic (exact) mass is 312 g/mol. The fourth-order valence-electron chi connectivity index (χ4n) is 1.75. The highest BCUT2D eigenvalue weighted by molar-refractivity contribution is 7.92. The quantitative estimate of drug-likeness (QED) is 0.912. The summed E-state index contributed by atoms with van der Waals surface area (Å²) in [6, 6.07) is 8.40. The number of nitrogens with two attached hydrogens (primary N) is 1. The Labute approximate surface area is 121 Å². The van der Waals surface area contributed by atoms with E-state index in [1.807, 2.05) is 0 Å². The summed E-state index contributed by atoms with van der Waals surface area (Å²) in [4.78, 5) is -0.737. The predicted octanol–water partition coefficient (Wildman–Crippen LogP) is 2.79. The second-order valence-corrected chi connectivity index (χ2v) is 6.24. The molecule has 0 amide bonds. The van der Waals surface area contributed by atoms with Crippen LogP contribution in [-0.4, -0.2) is 8.42 Å². The largest absolute Gasteiger partial charge is 0.324 e. The van der Waals surface area contributed by atoms with E-state index in [1.165, 1.54) is 12.1 Å². The minimum absolute atomic E-state index is 0.184. The molecule has 0 saturated carbocycles. The van der Waals surface area contributed by atoms with Gasteiger partial charge < -0.3 is 5.73 Å². The minimum atomic E-state index is -4.20. The zero-order valence-corrected chi connectivity index (χ0v) is 12.0. The van der Waals surface area contributed by atoms with Crippen LogP contribution >= 0.6 is 0 Å². The molecular formula is C14H14F2N2O2S. The van der Waals surface area contributed by atoms with E-state index in [4.69, 9.17) is 5.73 Å². The molecule has 0 aromatic heterocycles. The smallest absolute Gasteiger partial charge is 0.264 e. The lowest BCUT2D eigenvalue weighted by molar-refractivity contribution is 0.555. The Kier molecular flexibility index (Phi) is 4.24. The summed E-state index contributed by atoms with van der Waals surface area (Å²) in [5, 5.41) is 0. The summed E-state index contributed by atoms with van der Waals surface area (Å²) >= 11 is 0. The van der Waals surface area contributed by atoms with E-state index in [1.54, 1.807) is 19.1 Å². The second kappa shape index (κ2) is 5.79. The van der Waals surface area contributed by atoms with Gasteiger partial charge in [-0.25, -0.2) is 17.2 Å². The van der Waals surface area contributed by atoms with Crippen LogP contribution in [0.3, 0.4) is 0 Å². The van der Waals surface area contributed by atoms with Crippen LogP contribution in [0.1, 0.15) is 18.5 Å². The van der Waals surface area contributed by atoms with E-state index in [2.05, 4.69) is 4.72 Å². The lowest BCUT2D eigenvalue weighted by atomic mass is 10.1. The van der Waals surface area contributed by atoms with Crippen LogP contribution in [0.5, 0.6) is 0 Å². The van der Waals surface area contributed by atoms with Crippen molar-refractivity contribution in [3.05, 3.63) is 59.7 Å². The molecule has 0 saturated heterocycles. The van der Waals surface area contributed by atoms with Gasteiger partial charge in [-0.2, -0.15) is 0 Å². The minimum Gasteiger partial charge on any atom is -0.324 e. The first-order chi connectivity index (χ1) is 9.79. The number of rotatable bonds is 4. The summed E-state index contributed by atoms with van der Waals surface area (Å²) < 4.78 is 52.9. The van der Waals surface area contributed by atoms with Crippen molar-refractivity contribution in [2.45, 2.75) is 17.9 Å². The number of nitrogens with one attached hydrogen (secondary N) is 1. The topological polar surface area (TPSA) is 72.2 Å². The first kappa shape index (κ1) is 15.4. The lowest BCUT2D eigenvalue weighted by Crippen LogP contribution is -2.15. The summed E-state index contributed by atoms with van der Waals surface area (Å²) in [5.74, 6) is -1.85. The highest BCUT2D eigenvalue weighted by Gasteiger charge is 2.20. The van der Waals surface area contributed by atoms with Gasteiger partial charge in [0.2, 0.25) is 0 Å². The van der Waals surface area contributed by atoms with E-state index in [-0.39, 0.29) is 11.7 Å². The maximum Gasteiger partial charge on any atom is 0.264 e. The lowest BCUT2D eigenvalue weighted by Gasteiger charge is -2.10. The van der Waals surface area contributed by atoms with E-state index in [0.29, 0.717) is 6.07 Å². The molecular weight excluding hydrogens is 298 g/mol. The average molecular weight is 312 g/mol. The third kappa shape index (κ3) is 3.56. The fraction of sp³-hybridized carbons (Fsp3) is 0.143. The van der Waals surface area contributed by atoms with Crippen LogP contribution in [0.2, 0.25) is 0 Å². The van der Waals surface area contributed by atoms with E-state index in [9.17, 15) is 17.2 Å². The van der Waals surface area contributed by atoms with Crippen molar-refractivity contribution in [1.82, 2.24) is 0 Å².